The Kier molecular flexibility index (Phi) is 4.78. The van der Waals surface area contributed by atoms with Gasteiger partial charge in [-0.2, -0.15) is 26.3 Å². The Labute approximate surface area is 192 Å². The van der Waals surface area contributed by atoms with Gasteiger partial charge in [-0.05, 0) is 24.3 Å². The number of benzene rings is 2. The molecule has 0 fully saturated rings. The van der Waals surface area contributed by atoms with Crippen molar-refractivity contribution < 1.29 is 45.4 Å². The van der Waals surface area contributed by atoms with Crippen LogP contribution in [0.1, 0.15) is 0 Å². The Morgan fingerprint density at radius 3 is 1.28 bits per heavy atom. The largest absolute Gasteiger partial charge is 0.491 e. The number of carbonyl (C=O) groups excluding carboxylic acids is 2. The highest BCUT2D eigenvalue weighted by atomic mass is 19.4. The topological polar surface area (TPSA) is 95.6 Å². The molecule has 8 nitrogen and oxygen atoms in total. The average molecular weight is 510 g/mol. The summed E-state index contributed by atoms with van der Waals surface area (Å²) in [5.74, 6) is -7.07. The van der Waals surface area contributed by atoms with Crippen molar-refractivity contribution in [3.05, 3.63) is 69.2 Å². The van der Waals surface area contributed by atoms with Crippen molar-refractivity contribution in [2.24, 2.45) is 0 Å². The predicted octanol–water partition coefficient (Wildman–Crippen LogP) is 3.59. The number of nitrogens with zero attached hydrogens (tertiary/aromatic N) is 2. The summed E-state index contributed by atoms with van der Waals surface area (Å²) in [5.41, 5.74) is -4.34. The highest BCUT2D eigenvalue weighted by Crippen LogP contribution is 2.36. The molecule has 0 radical (unpaired) electrons. The van der Waals surface area contributed by atoms with E-state index in [-0.39, 0.29) is 21.8 Å². The van der Waals surface area contributed by atoms with Gasteiger partial charge in [0.05, 0.1) is 11.0 Å². The fraction of sp³-hybridized carbons (Fsp3) is 0.0909. The van der Waals surface area contributed by atoms with E-state index in [2.05, 4.69) is 9.47 Å². The summed E-state index contributed by atoms with van der Waals surface area (Å²) < 4.78 is 87.8. The number of alkyl halides is 6. The Morgan fingerprint density at radius 1 is 0.611 bits per heavy atom. The minimum atomic E-state index is -5.44. The van der Waals surface area contributed by atoms with Crippen molar-refractivity contribution >= 4 is 44.8 Å². The van der Waals surface area contributed by atoms with Gasteiger partial charge < -0.3 is 9.47 Å². The van der Waals surface area contributed by atoms with Gasteiger partial charge in [0.25, 0.3) is 11.1 Å². The molecule has 3 heterocycles. The molecule has 0 bridgehead atoms. The van der Waals surface area contributed by atoms with E-state index in [4.69, 9.17) is 0 Å². The molecule has 0 unspecified atom stereocenters. The van der Waals surface area contributed by atoms with E-state index in [1.54, 1.807) is 0 Å². The second-order valence-corrected chi connectivity index (χ2v) is 7.45. The van der Waals surface area contributed by atoms with Crippen LogP contribution in [0.4, 0.5) is 26.3 Å². The van der Waals surface area contributed by atoms with Crippen LogP contribution in [-0.2, 0) is 9.59 Å². The molecule has 0 saturated carbocycles. The first-order chi connectivity index (χ1) is 16.8. The van der Waals surface area contributed by atoms with Gasteiger partial charge in [0.2, 0.25) is 0 Å². The molecule has 14 heteroatoms. The fourth-order valence-corrected chi connectivity index (χ4v) is 3.95. The lowest BCUT2D eigenvalue weighted by molar-refractivity contribution is -0.189. The van der Waals surface area contributed by atoms with E-state index in [1.807, 2.05) is 0 Å². The van der Waals surface area contributed by atoms with Crippen molar-refractivity contribution in [1.29, 1.82) is 0 Å². The Bertz CT molecular complexity index is 1720. The van der Waals surface area contributed by atoms with E-state index in [0.29, 0.717) is 8.80 Å². The van der Waals surface area contributed by atoms with Crippen LogP contribution in [-0.4, -0.2) is 33.1 Å². The number of esters is 2. The van der Waals surface area contributed by atoms with Gasteiger partial charge in [0, 0.05) is 10.8 Å². The molecular weight excluding hydrogens is 502 g/mol. The molecule has 184 valence electrons. The van der Waals surface area contributed by atoms with Crippen LogP contribution in [0.3, 0.4) is 0 Å². The Morgan fingerprint density at radius 2 is 0.944 bits per heavy atom. The summed E-state index contributed by atoms with van der Waals surface area (Å²) in [6.45, 7) is 0. The average Bonchev–Trinajstić information content (AvgIpc) is 3.31. The molecule has 2 aromatic carbocycles. The van der Waals surface area contributed by atoms with Crippen LogP contribution in [0.2, 0.25) is 0 Å². The quantitative estimate of drug-likeness (QED) is 0.266. The normalized spacial score (nSPS) is 12.6. The molecule has 36 heavy (non-hydrogen) atoms. The van der Waals surface area contributed by atoms with Crippen LogP contribution < -0.4 is 20.6 Å². The molecule has 0 spiro atoms. The lowest BCUT2D eigenvalue weighted by Crippen LogP contribution is -2.30. The number of carbonyl (C=O) groups is 2. The van der Waals surface area contributed by atoms with Crippen LogP contribution in [0.5, 0.6) is 11.5 Å². The highest BCUT2D eigenvalue weighted by molar-refractivity contribution is 6.02. The maximum Gasteiger partial charge on any atom is 0.491 e. The smallest absolute Gasteiger partial charge is 0.417 e. The fourth-order valence-electron chi connectivity index (χ4n) is 3.95. The van der Waals surface area contributed by atoms with E-state index < -0.39 is 57.9 Å². The number of fused-ring (bicyclic) bond motifs is 6. The maximum atomic E-state index is 13.5. The molecule has 0 atom stereocenters. The second-order valence-electron chi connectivity index (χ2n) is 7.45. The minimum Gasteiger partial charge on any atom is -0.417 e. The van der Waals surface area contributed by atoms with Gasteiger partial charge >= 0.3 is 24.3 Å². The monoisotopic (exact) mass is 510 g/mol. The second kappa shape index (κ2) is 7.44. The first-order valence-electron chi connectivity index (χ1n) is 9.76. The van der Waals surface area contributed by atoms with Gasteiger partial charge in [-0.3, -0.25) is 18.4 Å². The highest BCUT2D eigenvalue weighted by Gasteiger charge is 2.44. The lowest BCUT2D eigenvalue weighted by Gasteiger charge is -2.07. The molecular formula is C22H8F6N2O6. The molecule has 0 saturated heterocycles. The van der Waals surface area contributed by atoms with Crippen LogP contribution in [0.25, 0.3) is 32.8 Å². The molecule has 5 aromatic rings. The number of halogens is 6. The van der Waals surface area contributed by atoms with E-state index in [9.17, 15) is 45.5 Å². The standard InChI is InChI=1S/C22H8F6N2O6/c23-21(24,25)19(33)35-15-9-5-1-3-7-11(9)29-13(15)17(31)30-12-8-4-2-6-10(12)16(14(30)18(29)32)36-20(34)22(26,27)28/h1-8H. The SMILES string of the molecule is O=C(Oc1c2ccccc2n2c(=O)c3c(OC(=O)C(F)(F)F)c4ccccc4n3c(=O)c12)C(F)(F)F. The van der Waals surface area contributed by atoms with Crippen molar-refractivity contribution in [1.82, 2.24) is 8.80 Å². The van der Waals surface area contributed by atoms with Crippen molar-refractivity contribution in [3.8, 4) is 11.5 Å². The van der Waals surface area contributed by atoms with Crippen LogP contribution in [0.15, 0.2) is 58.1 Å². The Balaban J connectivity index is 1.97. The predicted molar refractivity (Wildman–Crippen MR) is 110 cm³/mol. The van der Waals surface area contributed by atoms with Crippen molar-refractivity contribution in [2.75, 3.05) is 0 Å². The van der Waals surface area contributed by atoms with Crippen molar-refractivity contribution in [3.63, 3.8) is 0 Å². The zero-order chi connectivity index (χ0) is 26.2. The van der Waals surface area contributed by atoms with Gasteiger partial charge in [-0.15, -0.1) is 0 Å². The van der Waals surface area contributed by atoms with E-state index in [0.717, 1.165) is 0 Å². The van der Waals surface area contributed by atoms with Crippen molar-refractivity contribution in [2.45, 2.75) is 12.4 Å². The molecule has 0 aliphatic rings. The molecule has 3 aromatic heterocycles. The van der Waals surface area contributed by atoms with Crippen LogP contribution in [0, 0.1) is 0 Å². The van der Waals surface area contributed by atoms with Gasteiger partial charge in [-0.25, -0.2) is 9.59 Å². The molecule has 0 amide bonds. The third-order valence-electron chi connectivity index (χ3n) is 5.32. The lowest BCUT2D eigenvalue weighted by atomic mass is 10.2. The number of aromatic nitrogens is 2. The maximum absolute atomic E-state index is 13.5. The summed E-state index contributed by atoms with van der Waals surface area (Å²) in [5, 5.41) is -0.452. The number of ether oxygens (including phenoxy) is 2. The summed E-state index contributed by atoms with van der Waals surface area (Å²) in [4.78, 5) is 50.3. The number of hydrogen-bond acceptors (Lipinski definition) is 6. The number of rotatable bonds is 2. The first-order valence-corrected chi connectivity index (χ1v) is 9.76. The summed E-state index contributed by atoms with van der Waals surface area (Å²) in [6.07, 6.45) is -10.9. The number of hydrogen-bond donors (Lipinski definition) is 0. The molecule has 0 N–H and O–H groups in total. The summed E-state index contributed by atoms with van der Waals surface area (Å²) >= 11 is 0. The first kappa shape index (κ1) is 23.1. The third-order valence-corrected chi connectivity index (χ3v) is 5.32. The zero-order valence-corrected chi connectivity index (χ0v) is 17.2. The van der Waals surface area contributed by atoms with Crippen LogP contribution >= 0.6 is 0 Å². The van der Waals surface area contributed by atoms with Gasteiger partial charge in [0.1, 0.15) is 0 Å². The number of para-hydroxylation sites is 2. The van der Waals surface area contributed by atoms with Gasteiger partial charge in [0.15, 0.2) is 22.5 Å². The summed E-state index contributed by atoms with van der Waals surface area (Å²) in [7, 11) is 0. The van der Waals surface area contributed by atoms with E-state index >= 15 is 0 Å². The molecule has 5 rings (SSSR count). The van der Waals surface area contributed by atoms with Gasteiger partial charge in [-0.1, -0.05) is 24.3 Å². The molecule has 0 aliphatic carbocycles. The van der Waals surface area contributed by atoms with E-state index in [1.165, 1.54) is 48.5 Å². The molecule has 0 aliphatic heterocycles. The summed E-state index contributed by atoms with van der Waals surface area (Å²) in [6, 6.07) is 10.2. The zero-order valence-electron chi connectivity index (χ0n) is 17.2. The minimum absolute atomic E-state index is 0.180. The third kappa shape index (κ3) is 3.25. The Hall–Kier alpha value is -4.62.